The summed E-state index contributed by atoms with van der Waals surface area (Å²) in [6.07, 6.45) is 0. The molecule has 4 nitrogen and oxygen atoms in total. The summed E-state index contributed by atoms with van der Waals surface area (Å²) in [5.74, 6) is 1.09. The SMILES string of the molecule is C=NC(=NC(=NCc1ccc2ccccc2c1)c1cccc2sc3ccccc3c12)c1ccc(-c2ccc3ccccc3c2)c2oc3ccccc3c12. The van der Waals surface area contributed by atoms with Crippen LogP contribution < -0.4 is 0 Å². The minimum absolute atomic E-state index is 0.456. The summed E-state index contributed by atoms with van der Waals surface area (Å²) in [5, 5.41) is 9.04. The van der Waals surface area contributed by atoms with Gasteiger partial charge in [-0.3, -0.25) is 4.99 Å². The Balaban J connectivity index is 1.19. The van der Waals surface area contributed by atoms with E-state index < -0.39 is 0 Å². The molecule has 0 amide bonds. The normalized spacial score (nSPS) is 12.5. The summed E-state index contributed by atoms with van der Waals surface area (Å²) >= 11 is 1.78. The van der Waals surface area contributed by atoms with Crippen LogP contribution in [0.4, 0.5) is 0 Å². The molecule has 0 unspecified atom stereocenters. The maximum absolute atomic E-state index is 6.66. The summed E-state index contributed by atoms with van der Waals surface area (Å²) < 4.78 is 9.08. The molecule has 0 aliphatic carbocycles. The molecule has 250 valence electrons. The topological polar surface area (TPSA) is 50.2 Å². The van der Waals surface area contributed by atoms with E-state index in [4.69, 9.17) is 14.4 Å². The number of nitrogens with zero attached hydrogens (tertiary/aromatic N) is 3. The summed E-state index contributed by atoms with van der Waals surface area (Å²) in [5.41, 5.74) is 6.59. The van der Waals surface area contributed by atoms with E-state index in [0.717, 1.165) is 55.1 Å². The van der Waals surface area contributed by atoms with Crippen molar-refractivity contribution >= 4 is 93.4 Å². The van der Waals surface area contributed by atoms with Gasteiger partial charge >= 0.3 is 0 Å². The monoisotopic (exact) mass is 697 g/mol. The molecule has 2 aromatic heterocycles. The third-order valence-corrected chi connectivity index (χ3v) is 11.2. The summed E-state index contributed by atoms with van der Waals surface area (Å²) in [6, 6.07) is 57.2. The van der Waals surface area contributed by atoms with Crippen LogP contribution in [0.15, 0.2) is 183 Å². The molecule has 0 bridgehead atoms. The molecular weight excluding hydrogens is 667 g/mol. The standard InChI is InChI=1S/C48H31N3OS/c1-49-47(40-26-25-36(35-24-23-32-12-3-5-14-34(32)28-35)46-45(40)37-15-6-8-18-41(37)52-46)51-48(50-29-30-21-22-31-11-2-4-13-33(31)27-30)39-17-10-20-43-44(39)38-16-7-9-19-42(38)53-43/h2-28H,1,29H2. The number of hydrogen-bond acceptors (Lipinski definition) is 3. The zero-order valence-corrected chi connectivity index (χ0v) is 29.5. The van der Waals surface area contributed by atoms with Gasteiger partial charge in [0.1, 0.15) is 11.2 Å². The Bertz CT molecular complexity index is 3130. The first-order valence-corrected chi connectivity index (χ1v) is 18.5. The highest BCUT2D eigenvalue weighted by molar-refractivity contribution is 7.25. The van der Waals surface area contributed by atoms with Gasteiger partial charge < -0.3 is 4.42 Å². The van der Waals surface area contributed by atoms with E-state index in [0.29, 0.717) is 18.2 Å². The molecule has 0 saturated heterocycles. The maximum Gasteiger partial charge on any atom is 0.161 e. The predicted molar refractivity (Wildman–Crippen MR) is 226 cm³/mol. The lowest BCUT2D eigenvalue weighted by atomic mass is 9.96. The van der Waals surface area contributed by atoms with Gasteiger partial charge in [0.25, 0.3) is 0 Å². The highest BCUT2D eigenvalue weighted by atomic mass is 32.1. The highest BCUT2D eigenvalue weighted by Crippen LogP contribution is 2.40. The Morgan fingerprint density at radius 3 is 2.06 bits per heavy atom. The van der Waals surface area contributed by atoms with E-state index in [1.54, 1.807) is 11.3 Å². The lowest BCUT2D eigenvalue weighted by molar-refractivity contribution is 0.670. The van der Waals surface area contributed by atoms with Gasteiger partial charge in [-0.2, -0.15) is 0 Å². The number of benzene rings is 8. The minimum Gasteiger partial charge on any atom is -0.455 e. The van der Waals surface area contributed by atoms with Gasteiger partial charge in [0.2, 0.25) is 0 Å². The predicted octanol–water partition coefficient (Wildman–Crippen LogP) is 13.0. The molecule has 53 heavy (non-hydrogen) atoms. The van der Waals surface area contributed by atoms with Crippen LogP contribution >= 0.6 is 11.3 Å². The molecule has 5 heteroatoms. The van der Waals surface area contributed by atoms with E-state index in [1.165, 1.54) is 36.3 Å². The van der Waals surface area contributed by atoms with Crippen LogP contribution in [0.1, 0.15) is 16.7 Å². The van der Waals surface area contributed by atoms with Crippen molar-refractivity contribution in [3.63, 3.8) is 0 Å². The van der Waals surface area contributed by atoms with E-state index in [2.05, 4.69) is 157 Å². The summed E-state index contributed by atoms with van der Waals surface area (Å²) in [4.78, 5) is 15.2. The lowest BCUT2D eigenvalue weighted by Crippen LogP contribution is -2.06. The number of thiophene rings is 1. The number of amidine groups is 2. The van der Waals surface area contributed by atoms with Crippen LogP contribution in [0, 0.1) is 0 Å². The molecule has 0 spiro atoms. The lowest BCUT2D eigenvalue weighted by Gasteiger charge is -2.11. The minimum atomic E-state index is 0.456. The average molecular weight is 698 g/mol. The molecule has 0 fully saturated rings. The van der Waals surface area contributed by atoms with Crippen LogP contribution in [-0.2, 0) is 6.54 Å². The van der Waals surface area contributed by atoms with Crippen LogP contribution in [0.5, 0.6) is 0 Å². The van der Waals surface area contributed by atoms with Gasteiger partial charge in [-0.25, -0.2) is 9.98 Å². The van der Waals surface area contributed by atoms with Crippen molar-refractivity contribution in [3.05, 3.63) is 180 Å². The summed E-state index contributed by atoms with van der Waals surface area (Å²) in [7, 11) is 0. The van der Waals surface area contributed by atoms with Crippen molar-refractivity contribution < 1.29 is 4.42 Å². The number of furan rings is 1. The third kappa shape index (κ3) is 5.41. The fraction of sp³-hybridized carbons (Fsp3) is 0.0208. The first-order chi connectivity index (χ1) is 26.2. The molecule has 8 aromatic carbocycles. The van der Waals surface area contributed by atoms with Gasteiger partial charge in [-0.15, -0.1) is 11.3 Å². The van der Waals surface area contributed by atoms with Crippen molar-refractivity contribution in [2.75, 3.05) is 0 Å². The van der Waals surface area contributed by atoms with Crippen molar-refractivity contribution in [2.24, 2.45) is 15.0 Å². The second-order valence-corrected chi connectivity index (χ2v) is 14.3. The second-order valence-electron chi connectivity index (χ2n) is 13.2. The molecule has 0 radical (unpaired) electrons. The molecule has 10 aromatic rings. The molecule has 10 rings (SSSR count). The van der Waals surface area contributed by atoms with Crippen molar-refractivity contribution in [3.8, 4) is 11.1 Å². The number of fused-ring (bicyclic) bond motifs is 8. The van der Waals surface area contributed by atoms with Crippen LogP contribution in [0.3, 0.4) is 0 Å². The maximum atomic E-state index is 6.66. The van der Waals surface area contributed by atoms with Gasteiger partial charge in [0.15, 0.2) is 11.7 Å². The number of aliphatic imine (C=N–C) groups is 3. The van der Waals surface area contributed by atoms with E-state index in [1.807, 2.05) is 18.2 Å². The van der Waals surface area contributed by atoms with E-state index >= 15 is 0 Å². The molecule has 0 aliphatic rings. The van der Waals surface area contributed by atoms with Crippen LogP contribution in [0.25, 0.3) is 74.8 Å². The molecule has 0 atom stereocenters. The highest BCUT2D eigenvalue weighted by Gasteiger charge is 2.21. The zero-order chi connectivity index (χ0) is 35.3. The second kappa shape index (κ2) is 12.8. The molecule has 0 aliphatic heterocycles. The van der Waals surface area contributed by atoms with Gasteiger partial charge in [-0.1, -0.05) is 121 Å². The Labute approximate surface area is 309 Å². The molecule has 0 saturated carbocycles. The Kier molecular flexibility index (Phi) is 7.52. The van der Waals surface area contributed by atoms with Crippen LogP contribution in [-0.4, -0.2) is 18.4 Å². The number of hydrogen-bond donors (Lipinski definition) is 0. The van der Waals surface area contributed by atoms with Gasteiger partial charge in [-0.05, 0) is 81.9 Å². The molecule has 0 N–H and O–H groups in total. The first-order valence-electron chi connectivity index (χ1n) is 17.6. The van der Waals surface area contributed by atoms with Crippen molar-refractivity contribution in [2.45, 2.75) is 6.54 Å². The third-order valence-electron chi connectivity index (χ3n) is 10.1. The van der Waals surface area contributed by atoms with Crippen LogP contribution in [0.2, 0.25) is 0 Å². The van der Waals surface area contributed by atoms with Crippen molar-refractivity contribution in [1.82, 2.24) is 0 Å². The quantitative estimate of drug-likeness (QED) is 0.130. The smallest absolute Gasteiger partial charge is 0.161 e. The number of rotatable bonds is 5. The zero-order valence-electron chi connectivity index (χ0n) is 28.7. The average Bonchev–Trinajstić information content (AvgIpc) is 3.80. The first kappa shape index (κ1) is 31.1. The Hall–Kier alpha value is -6.69. The molecular formula is C48H31N3OS. The van der Waals surface area contributed by atoms with Crippen molar-refractivity contribution in [1.29, 1.82) is 0 Å². The largest absolute Gasteiger partial charge is 0.455 e. The van der Waals surface area contributed by atoms with E-state index in [-0.39, 0.29) is 0 Å². The Morgan fingerprint density at radius 2 is 1.23 bits per heavy atom. The van der Waals surface area contributed by atoms with E-state index in [9.17, 15) is 0 Å². The number of para-hydroxylation sites is 1. The molecule has 2 heterocycles. The fourth-order valence-corrected chi connectivity index (χ4v) is 8.66. The summed E-state index contributed by atoms with van der Waals surface area (Å²) in [6.45, 7) is 4.52. The van der Waals surface area contributed by atoms with Gasteiger partial charge in [0, 0.05) is 47.6 Å². The fourth-order valence-electron chi connectivity index (χ4n) is 7.52. The van der Waals surface area contributed by atoms with Gasteiger partial charge in [0.05, 0.1) is 6.54 Å². The Morgan fingerprint density at radius 1 is 0.547 bits per heavy atom.